The van der Waals surface area contributed by atoms with E-state index in [4.69, 9.17) is 5.84 Å². The normalized spacial score (nSPS) is 10.6. The molecule has 24 heavy (non-hydrogen) atoms. The molecule has 0 aliphatic carbocycles. The molecule has 5 heteroatoms. The Kier molecular flexibility index (Phi) is 4.44. The molecule has 1 amide bonds. The van der Waals surface area contributed by atoms with Gasteiger partial charge >= 0.3 is 0 Å². The molecule has 0 saturated carbocycles. The SMILES string of the molecule is CCc1ccc(-c2cc(C(=O)NN)nn2-c2ccc(C)cc2)cc1. The topological polar surface area (TPSA) is 72.9 Å². The van der Waals surface area contributed by atoms with E-state index >= 15 is 0 Å². The predicted molar refractivity (Wildman–Crippen MR) is 94.8 cm³/mol. The number of aromatic nitrogens is 2. The minimum absolute atomic E-state index is 0.285. The van der Waals surface area contributed by atoms with E-state index in [1.54, 1.807) is 10.7 Å². The van der Waals surface area contributed by atoms with Gasteiger partial charge in [0.1, 0.15) is 0 Å². The summed E-state index contributed by atoms with van der Waals surface area (Å²) in [6, 6.07) is 18.0. The maximum Gasteiger partial charge on any atom is 0.285 e. The highest BCUT2D eigenvalue weighted by molar-refractivity contribution is 5.93. The molecule has 0 aliphatic rings. The smallest absolute Gasteiger partial charge is 0.285 e. The van der Waals surface area contributed by atoms with Gasteiger partial charge in [-0.1, -0.05) is 48.9 Å². The summed E-state index contributed by atoms with van der Waals surface area (Å²) in [5, 5.41) is 4.42. The number of benzene rings is 2. The van der Waals surface area contributed by atoms with Crippen LogP contribution in [0.1, 0.15) is 28.5 Å². The van der Waals surface area contributed by atoms with Crippen molar-refractivity contribution < 1.29 is 4.79 Å². The quantitative estimate of drug-likeness (QED) is 0.441. The first-order chi connectivity index (χ1) is 11.6. The largest absolute Gasteiger partial charge is 0.289 e. The van der Waals surface area contributed by atoms with Gasteiger partial charge in [-0.3, -0.25) is 10.2 Å². The average molecular weight is 320 g/mol. The molecule has 0 unspecified atom stereocenters. The Morgan fingerprint density at radius 1 is 1.12 bits per heavy atom. The number of amides is 1. The van der Waals surface area contributed by atoms with Crippen LogP contribution in [-0.4, -0.2) is 15.7 Å². The standard InChI is InChI=1S/C19H20N4O/c1-3-14-6-8-15(9-7-14)18-12-17(19(24)21-20)22-23(18)16-10-4-13(2)5-11-16/h4-12H,3,20H2,1-2H3,(H,21,24). The van der Waals surface area contributed by atoms with Crippen LogP contribution in [0.3, 0.4) is 0 Å². The molecule has 2 aromatic carbocycles. The van der Waals surface area contributed by atoms with Crippen molar-refractivity contribution in [3.8, 4) is 16.9 Å². The third kappa shape index (κ3) is 3.07. The first-order valence-electron chi connectivity index (χ1n) is 7.89. The molecule has 0 saturated heterocycles. The predicted octanol–water partition coefficient (Wildman–Crippen LogP) is 3.01. The van der Waals surface area contributed by atoms with Crippen molar-refractivity contribution in [1.82, 2.24) is 15.2 Å². The fraction of sp³-hybridized carbons (Fsp3) is 0.158. The number of hydrazine groups is 1. The van der Waals surface area contributed by atoms with E-state index in [9.17, 15) is 4.79 Å². The molecule has 5 nitrogen and oxygen atoms in total. The van der Waals surface area contributed by atoms with Crippen LogP contribution in [0.4, 0.5) is 0 Å². The lowest BCUT2D eigenvalue weighted by molar-refractivity contribution is 0.0948. The minimum Gasteiger partial charge on any atom is -0.289 e. The number of rotatable bonds is 4. The molecule has 3 aromatic rings. The number of hydrogen-bond donors (Lipinski definition) is 2. The highest BCUT2D eigenvalue weighted by atomic mass is 16.2. The zero-order valence-corrected chi connectivity index (χ0v) is 13.8. The van der Waals surface area contributed by atoms with Gasteiger partial charge in [-0.15, -0.1) is 0 Å². The average Bonchev–Trinajstić information content (AvgIpc) is 3.07. The van der Waals surface area contributed by atoms with Gasteiger partial charge in [0.2, 0.25) is 0 Å². The third-order valence-electron chi connectivity index (χ3n) is 4.01. The van der Waals surface area contributed by atoms with E-state index in [1.807, 2.05) is 43.3 Å². The summed E-state index contributed by atoms with van der Waals surface area (Å²) < 4.78 is 1.77. The van der Waals surface area contributed by atoms with Crippen LogP contribution in [0.2, 0.25) is 0 Å². The van der Waals surface area contributed by atoms with Gasteiger partial charge in [0, 0.05) is 5.56 Å². The van der Waals surface area contributed by atoms with Crippen LogP contribution < -0.4 is 11.3 Å². The molecule has 0 spiro atoms. The van der Waals surface area contributed by atoms with Crippen molar-refractivity contribution >= 4 is 5.91 Å². The lowest BCUT2D eigenvalue weighted by Gasteiger charge is -2.08. The third-order valence-corrected chi connectivity index (χ3v) is 4.01. The summed E-state index contributed by atoms with van der Waals surface area (Å²) >= 11 is 0. The molecule has 3 N–H and O–H groups in total. The Labute approximate surface area is 141 Å². The Hall–Kier alpha value is -2.92. The number of carbonyl (C=O) groups is 1. The number of nitrogen functional groups attached to an aromatic ring is 1. The van der Waals surface area contributed by atoms with Crippen molar-refractivity contribution in [3.05, 3.63) is 71.4 Å². The molecule has 3 rings (SSSR count). The second-order valence-corrected chi connectivity index (χ2v) is 5.69. The number of carbonyl (C=O) groups excluding carboxylic acids is 1. The van der Waals surface area contributed by atoms with E-state index in [0.717, 1.165) is 23.4 Å². The summed E-state index contributed by atoms with van der Waals surface area (Å²) in [5.41, 5.74) is 7.59. The first kappa shape index (κ1) is 16.0. The van der Waals surface area contributed by atoms with Crippen molar-refractivity contribution in [2.75, 3.05) is 0 Å². The number of hydrogen-bond acceptors (Lipinski definition) is 3. The van der Waals surface area contributed by atoms with Crippen LogP contribution in [0.15, 0.2) is 54.6 Å². The second-order valence-electron chi connectivity index (χ2n) is 5.69. The number of nitrogens with one attached hydrogen (secondary N) is 1. The van der Waals surface area contributed by atoms with Crippen molar-refractivity contribution in [1.29, 1.82) is 0 Å². The Morgan fingerprint density at radius 3 is 2.38 bits per heavy atom. The highest BCUT2D eigenvalue weighted by Gasteiger charge is 2.16. The second kappa shape index (κ2) is 6.68. The fourth-order valence-electron chi connectivity index (χ4n) is 2.57. The molecular formula is C19H20N4O. The molecule has 1 heterocycles. The van der Waals surface area contributed by atoms with E-state index in [1.165, 1.54) is 11.1 Å². The van der Waals surface area contributed by atoms with Gasteiger partial charge in [0.25, 0.3) is 5.91 Å². The summed E-state index contributed by atoms with van der Waals surface area (Å²) in [4.78, 5) is 11.9. The van der Waals surface area contributed by atoms with Gasteiger partial charge in [0.15, 0.2) is 5.69 Å². The lowest BCUT2D eigenvalue weighted by Crippen LogP contribution is -2.30. The zero-order valence-electron chi connectivity index (χ0n) is 13.8. The maximum atomic E-state index is 11.9. The molecule has 0 aliphatic heterocycles. The van der Waals surface area contributed by atoms with Crippen LogP contribution >= 0.6 is 0 Å². The summed E-state index contributed by atoms with van der Waals surface area (Å²) in [5.74, 6) is 4.84. The Balaban J connectivity index is 2.13. The van der Waals surface area contributed by atoms with Crippen LogP contribution in [0.25, 0.3) is 16.9 Å². The van der Waals surface area contributed by atoms with Gasteiger partial charge in [-0.2, -0.15) is 5.10 Å². The van der Waals surface area contributed by atoms with Crippen LogP contribution in [0, 0.1) is 6.92 Å². The van der Waals surface area contributed by atoms with E-state index in [0.29, 0.717) is 0 Å². The maximum absolute atomic E-state index is 11.9. The van der Waals surface area contributed by atoms with Crippen LogP contribution in [0.5, 0.6) is 0 Å². The Morgan fingerprint density at radius 2 is 1.79 bits per heavy atom. The minimum atomic E-state index is -0.410. The molecule has 0 fully saturated rings. The number of nitrogens with two attached hydrogens (primary N) is 1. The summed E-state index contributed by atoms with van der Waals surface area (Å²) in [6.07, 6.45) is 0.984. The monoisotopic (exact) mass is 320 g/mol. The molecule has 0 atom stereocenters. The van der Waals surface area contributed by atoms with Gasteiger partial charge in [-0.05, 0) is 37.1 Å². The number of nitrogens with zero attached hydrogens (tertiary/aromatic N) is 2. The van der Waals surface area contributed by atoms with Crippen molar-refractivity contribution in [2.45, 2.75) is 20.3 Å². The van der Waals surface area contributed by atoms with Crippen LogP contribution in [-0.2, 0) is 6.42 Å². The van der Waals surface area contributed by atoms with Gasteiger partial charge in [0.05, 0.1) is 11.4 Å². The van der Waals surface area contributed by atoms with E-state index < -0.39 is 5.91 Å². The molecule has 122 valence electrons. The number of aryl methyl sites for hydroxylation is 2. The fourth-order valence-corrected chi connectivity index (χ4v) is 2.57. The molecule has 0 bridgehead atoms. The Bertz CT molecular complexity index is 848. The first-order valence-corrected chi connectivity index (χ1v) is 7.89. The van der Waals surface area contributed by atoms with E-state index in [-0.39, 0.29) is 5.69 Å². The molecule has 0 radical (unpaired) electrons. The zero-order chi connectivity index (χ0) is 17.1. The van der Waals surface area contributed by atoms with Gasteiger partial charge in [-0.25, -0.2) is 10.5 Å². The highest BCUT2D eigenvalue weighted by Crippen LogP contribution is 2.25. The lowest BCUT2D eigenvalue weighted by atomic mass is 10.1. The summed E-state index contributed by atoms with van der Waals surface area (Å²) in [7, 11) is 0. The summed E-state index contributed by atoms with van der Waals surface area (Å²) in [6.45, 7) is 4.15. The molecule has 1 aromatic heterocycles. The molecular weight excluding hydrogens is 300 g/mol. The van der Waals surface area contributed by atoms with Crippen molar-refractivity contribution in [2.24, 2.45) is 5.84 Å². The van der Waals surface area contributed by atoms with Gasteiger partial charge < -0.3 is 0 Å². The van der Waals surface area contributed by atoms with E-state index in [2.05, 4.69) is 29.6 Å². The van der Waals surface area contributed by atoms with Crippen molar-refractivity contribution in [3.63, 3.8) is 0 Å².